The van der Waals surface area contributed by atoms with Crippen LogP contribution in [0.1, 0.15) is 11.1 Å². The van der Waals surface area contributed by atoms with Crippen LogP contribution in [0.15, 0.2) is 22.1 Å². The molecule has 0 aliphatic rings. The van der Waals surface area contributed by atoms with E-state index in [9.17, 15) is 18.5 Å². The molecule has 9 nitrogen and oxygen atoms in total. The van der Waals surface area contributed by atoms with E-state index in [1.165, 1.54) is 12.1 Å². The van der Waals surface area contributed by atoms with Crippen LogP contribution in [0.25, 0.3) is 10.4 Å². The third kappa shape index (κ3) is 3.67. The van der Waals surface area contributed by atoms with E-state index in [1.54, 1.807) is 13.8 Å². The summed E-state index contributed by atoms with van der Waals surface area (Å²) >= 11 is 0. The van der Waals surface area contributed by atoms with Crippen molar-refractivity contribution in [2.45, 2.75) is 18.7 Å². The number of nitrogens with one attached hydrogen (secondary N) is 1. The van der Waals surface area contributed by atoms with E-state index in [4.69, 9.17) is 5.53 Å². The average Bonchev–Trinajstić information content (AvgIpc) is 2.37. The lowest BCUT2D eigenvalue weighted by Gasteiger charge is -2.08. The van der Waals surface area contributed by atoms with Gasteiger partial charge < -0.3 is 0 Å². The Morgan fingerprint density at radius 2 is 2.00 bits per heavy atom. The van der Waals surface area contributed by atoms with Crippen LogP contribution in [-0.2, 0) is 10.0 Å². The predicted molar refractivity (Wildman–Crippen MR) is 71.8 cm³/mol. The number of rotatable bonds is 6. The van der Waals surface area contributed by atoms with E-state index in [1.807, 2.05) is 0 Å². The van der Waals surface area contributed by atoms with Gasteiger partial charge in [0.15, 0.2) is 4.90 Å². The summed E-state index contributed by atoms with van der Waals surface area (Å²) in [5, 5.41) is 14.1. The van der Waals surface area contributed by atoms with Crippen LogP contribution in [0.4, 0.5) is 5.69 Å². The van der Waals surface area contributed by atoms with Crippen molar-refractivity contribution in [3.8, 4) is 0 Å². The fourth-order valence-corrected chi connectivity index (χ4v) is 2.74. The van der Waals surface area contributed by atoms with Gasteiger partial charge in [-0.2, -0.15) is 0 Å². The van der Waals surface area contributed by atoms with Gasteiger partial charge in [0.05, 0.1) is 4.92 Å². The van der Waals surface area contributed by atoms with Gasteiger partial charge in [-0.15, -0.1) is 0 Å². The zero-order chi connectivity index (χ0) is 15.3. The first-order valence-electron chi connectivity index (χ1n) is 5.55. The molecule has 1 rings (SSSR count). The van der Waals surface area contributed by atoms with Crippen molar-refractivity contribution in [2.75, 3.05) is 13.1 Å². The second-order valence-corrected chi connectivity index (χ2v) is 5.75. The normalized spacial score (nSPS) is 10.9. The number of nitro benzene ring substituents is 1. The molecule has 0 saturated heterocycles. The summed E-state index contributed by atoms with van der Waals surface area (Å²) in [5.41, 5.74) is 8.87. The zero-order valence-corrected chi connectivity index (χ0v) is 11.7. The fourth-order valence-electron chi connectivity index (χ4n) is 1.48. The summed E-state index contributed by atoms with van der Waals surface area (Å²) in [6, 6.07) is 2.47. The number of sulfonamides is 1. The molecule has 0 bridgehead atoms. The van der Waals surface area contributed by atoms with Crippen molar-refractivity contribution < 1.29 is 13.3 Å². The third-order valence-corrected chi connectivity index (χ3v) is 4.12. The number of hydrogen-bond donors (Lipinski definition) is 1. The maximum absolute atomic E-state index is 12.0. The van der Waals surface area contributed by atoms with Crippen molar-refractivity contribution in [1.82, 2.24) is 4.72 Å². The highest BCUT2D eigenvalue weighted by atomic mass is 32.2. The summed E-state index contributed by atoms with van der Waals surface area (Å²) in [5.74, 6) is 0. The number of azide groups is 1. The quantitative estimate of drug-likeness (QED) is 0.214. The highest BCUT2D eigenvalue weighted by Gasteiger charge is 2.26. The Morgan fingerprint density at radius 3 is 2.55 bits per heavy atom. The largest absolute Gasteiger partial charge is 0.289 e. The lowest BCUT2D eigenvalue weighted by molar-refractivity contribution is -0.387. The van der Waals surface area contributed by atoms with Gasteiger partial charge in [0.1, 0.15) is 0 Å². The minimum absolute atomic E-state index is 0.0750. The lowest BCUT2D eigenvalue weighted by Crippen LogP contribution is -2.27. The second-order valence-electron chi connectivity index (χ2n) is 4.01. The molecule has 0 spiro atoms. The molecule has 0 saturated carbocycles. The summed E-state index contributed by atoms with van der Waals surface area (Å²) < 4.78 is 26.2. The van der Waals surface area contributed by atoms with E-state index in [0.29, 0.717) is 11.1 Å². The van der Waals surface area contributed by atoms with Crippen molar-refractivity contribution in [3.05, 3.63) is 43.8 Å². The average molecular weight is 299 g/mol. The molecular formula is C10H13N5O4S. The molecule has 0 unspecified atom stereocenters. The van der Waals surface area contributed by atoms with Gasteiger partial charge in [0, 0.05) is 24.1 Å². The van der Waals surface area contributed by atoms with Crippen LogP contribution in [0, 0.1) is 24.0 Å². The number of nitro groups is 1. The van der Waals surface area contributed by atoms with Gasteiger partial charge in [0.2, 0.25) is 10.0 Å². The minimum Gasteiger partial charge on any atom is -0.258 e. The minimum atomic E-state index is -4.03. The molecule has 1 aromatic carbocycles. The SMILES string of the molecule is Cc1cc([N+](=O)[O-])c(S(=O)(=O)NCCN=[N+]=[N-])cc1C. The first-order valence-corrected chi connectivity index (χ1v) is 7.04. The maximum atomic E-state index is 12.0. The van der Waals surface area contributed by atoms with E-state index >= 15 is 0 Å². The Balaban J connectivity index is 3.19. The molecule has 1 N–H and O–H groups in total. The van der Waals surface area contributed by atoms with Crippen LogP contribution in [0.5, 0.6) is 0 Å². The van der Waals surface area contributed by atoms with E-state index in [-0.39, 0.29) is 13.1 Å². The number of hydrogen-bond acceptors (Lipinski definition) is 5. The van der Waals surface area contributed by atoms with E-state index < -0.39 is 25.5 Å². The van der Waals surface area contributed by atoms with Crippen LogP contribution in [-0.4, -0.2) is 26.4 Å². The van der Waals surface area contributed by atoms with Crippen LogP contribution < -0.4 is 4.72 Å². The van der Waals surface area contributed by atoms with Crippen molar-refractivity contribution >= 4 is 15.7 Å². The predicted octanol–water partition coefficient (Wildman–Crippen LogP) is 1.80. The molecule has 0 fully saturated rings. The lowest BCUT2D eigenvalue weighted by atomic mass is 10.1. The highest BCUT2D eigenvalue weighted by molar-refractivity contribution is 7.89. The van der Waals surface area contributed by atoms with Gasteiger partial charge in [-0.1, -0.05) is 5.11 Å². The summed E-state index contributed by atoms with van der Waals surface area (Å²) in [4.78, 5) is 12.3. The Kier molecular flexibility index (Phi) is 5.03. The van der Waals surface area contributed by atoms with Gasteiger partial charge in [-0.05, 0) is 36.6 Å². The number of nitrogens with zero attached hydrogens (tertiary/aromatic N) is 4. The summed E-state index contributed by atoms with van der Waals surface area (Å²) in [7, 11) is -4.03. The summed E-state index contributed by atoms with van der Waals surface area (Å²) in [6.45, 7) is 3.12. The first-order chi connectivity index (χ1) is 9.29. The smallest absolute Gasteiger partial charge is 0.258 e. The highest BCUT2D eigenvalue weighted by Crippen LogP contribution is 2.26. The Labute approximate surface area is 115 Å². The van der Waals surface area contributed by atoms with Crippen molar-refractivity contribution in [1.29, 1.82) is 0 Å². The second kappa shape index (κ2) is 6.33. The van der Waals surface area contributed by atoms with E-state index in [2.05, 4.69) is 14.7 Å². The van der Waals surface area contributed by atoms with Crippen molar-refractivity contribution in [3.63, 3.8) is 0 Å². The molecule has 0 aromatic heterocycles. The molecule has 0 atom stereocenters. The van der Waals surface area contributed by atoms with Crippen LogP contribution >= 0.6 is 0 Å². The Hall–Kier alpha value is -2.16. The molecule has 0 radical (unpaired) electrons. The van der Waals surface area contributed by atoms with Crippen LogP contribution in [0.3, 0.4) is 0 Å². The van der Waals surface area contributed by atoms with E-state index in [0.717, 1.165) is 0 Å². The van der Waals surface area contributed by atoms with Gasteiger partial charge in [-0.3, -0.25) is 10.1 Å². The van der Waals surface area contributed by atoms with Gasteiger partial charge in [-0.25, -0.2) is 13.1 Å². The standard InChI is InChI=1S/C10H13N5O4S/c1-7-5-9(15(16)17)10(6-8(7)2)20(18,19)13-4-3-12-14-11/h5-6,13H,3-4H2,1-2H3. The molecular weight excluding hydrogens is 286 g/mol. The first kappa shape index (κ1) is 15.9. The van der Waals surface area contributed by atoms with Gasteiger partial charge in [0.25, 0.3) is 5.69 Å². The van der Waals surface area contributed by atoms with Crippen molar-refractivity contribution in [2.24, 2.45) is 5.11 Å². The molecule has 1 aromatic rings. The molecule has 108 valence electrons. The molecule has 20 heavy (non-hydrogen) atoms. The number of benzene rings is 1. The number of aryl methyl sites for hydroxylation is 2. The molecule has 0 aliphatic heterocycles. The topological polar surface area (TPSA) is 138 Å². The molecule has 10 heteroatoms. The fraction of sp³-hybridized carbons (Fsp3) is 0.400. The maximum Gasteiger partial charge on any atom is 0.289 e. The summed E-state index contributed by atoms with van der Waals surface area (Å²) in [6.07, 6.45) is 0. The molecule has 0 aliphatic carbocycles. The molecule has 0 amide bonds. The monoisotopic (exact) mass is 299 g/mol. The Bertz CT molecular complexity index is 679. The molecule has 0 heterocycles. The van der Waals surface area contributed by atoms with Crippen LogP contribution in [0.2, 0.25) is 0 Å². The zero-order valence-electron chi connectivity index (χ0n) is 10.9. The van der Waals surface area contributed by atoms with Gasteiger partial charge >= 0.3 is 0 Å². The Morgan fingerprint density at radius 1 is 1.40 bits per heavy atom. The third-order valence-electron chi connectivity index (χ3n) is 2.63.